The van der Waals surface area contributed by atoms with Crippen LogP contribution in [0.15, 0.2) is 176 Å². The second kappa shape index (κ2) is 13.0. The summed E-state index contributed by atoms with van der Waals surface area (Å²) < 4.78 is 6.71. The van der Waals surface area contributed by atoms with E-state index in [9.17, 15) is 10.5 Å². The first-order chi connectivity index (χ1) is 28.7. The Morgan fingerprint density at radius 1 is 0.379 bits per heavy atom. The molecule has 8 aromatic carbocycles. The van der Waals surface area contributed by atoms with E-state index in [1.165, 1.54) is 0 Å². The van der Waals surface area contributed by atoms with Crippen LogP contribution >= 0.6 is 0 Å². The molecule has 3 heterocycles. The normalized spacial score (nSPS) is 11.6. The molecule has 3 aromatic heterocycles. The van der Waals surface area contributed by atoms with E-state index in [0.29, 0.717) is 29.0 Å². The summed E-state index contributed by atoms with van der Waals surface area (Å²) in [6.07, 6.45) is 0. The molecule has 0 amide bonds. The van der Waals surface area contributed by atoms with Crippen LogP contribution in [0.1, 0.15) is 18.1 Å². The van der Waals surface area contributed by atoms with Crippen LogP contribution in [-0.4, -0.2) is 20.2 Å². The standard InChI is InChI=1S/C52H34N6/c1-2-55(34-18-4-3-5-19-34)50-41(32-53)49(56-43-26-12-6-20-35(43)36-21-7-13-27-44(36)56)42(33-54)51(57-45-28-14-8-22-37(45)38-23-9-15-29-46(38)57)52(50)58-47-30-16-10-24-39(47)40-25-11-17-31-48(40)58/h3-31H,2H2,1H3. The highest BCUT2D eigenvalue weighted by Gasteiger charge is 2.34. The average molecular weight is 743 g/mol. The second-order valence-electron chi connectivity index (χ2n) is 14.6. The Balaban J connectivity index is 1.48. The highest BCUT2D eigenvalue weighted by atomic mass is 15.2. The molecule has 0 saturated heterocycles. The van der Waals surface area contributed by atoms with Crippen molar-refractivity contribution >= 4 is 76.8 Å². The Morgan fingerprint density at radius 2 is 0.690 bits per heavy atom. The molecule has 0 unspecified atom stereocenters. The van der Waals surface area contributed by atoms with Gasteiger partial charge in [-0.05, 0) is 55.5 Å². The molecule has 0 aliphatic heterocycles. The molecule has 0 aliphatic carbocycles. The van der Waals surface area contributed by atoms with Gasteiger partial charge >= 0.3 is 0 Å². The fourth-order valence-electron chi connectivity index (χ4n) is 9.39. The zero-order valence-electron chi connectivity index (χ0n) is 31.6. The minimum absolute atomic E-state index is 0.402. The van der Waals surface area contributed by atoms with Gasteiger partial charge in [-0.3, -0.25) is 0 Å². The SMILES string of the molecule is CCN(c1ccccc1)c1c(C#N)c(-n2c3ccccc3c3ccccc32)c(C#N)c(-n2c3ccccc3c3ccccc32)c1-n1c2ccccc2c2ccccc21. The third-order valence-corrected chi connectivity index (χ3v) is 11.7. The van der Waals surface area contributed by atoms with Crippen LogP contribution in [0.25, 0.3) is 82.5 Å². The van der Waals surface area contributed by atoms with Crippen LogP contribution in [0, 0.1) is 22.7 Å². The molecule has 6 heteroatoms. The van der Waals surface area contributed by atoms with Crippen LogP contribution in [0.4, 0.5) is 11.4 Å². The van der Waals surface area contributed by atoms with Gasteiger partial charge < -0.3 is 18.6 Å². The lowest BCUT2D eigenvalue weighted by molar-refractivity contribution is 0.983. The molecule has 0 N–H and O–H groups in total. The summed E-state index contributed by atoms with van der Waals surface area (Å²) in [5.41, 5.74) is 10.2. The molecule has 0 atom stereocenters. The third-order valence-electron chi connectivity index (χ3n) is 11.7. The fourth-order valence-corrected chi connectivity index (χ4v) is 9.39. The number of para-hydroxylation sites is 7. The Kier molecular flexibility index (Phi) is 7.47. The van der Waals surface area contributed by atoms with E-state index in [2.05, 4.69) is 171 Å². The van der Waals surface area contributed by atoms with Gasteiger partial charge in [0.25, 0.3) is 0 Å². The molecule has 0 fully saturated rings. The van der Waals surface area contributed by atoms with Crippen molar-refractivity contribution < 1.29 is 0 Å². The summed E-state index contributed by atoms with van der Waals surface area (Å²) in [5, 5.41) is 30.2. The van der Waals surface area contributed by atoms with Crippen molar-refractivity contribution in [1.29, 1.82) is 10.5 Å². The molecule has 11 rings (SSSR count). The Labute approximate surface area is 334 Å². The summed E-state index contributed by atoms with van der Waals surface area (Å²) in [5.74, 6) is 0. The number of nitriles is 2. The van der Waals surface area contributed by atoms with Gasteiger partial charge in [0.15, 0.2) is 0 Å². The number of benzene rings is 8. The van der Waals surface area contributed by atoms with Gasteiger partial charge in [0.05, 0.1) is 55.8 Å². The smallest absolute Gasteiger partial charge is 0.104 e. The van der Waals surface area contributed by atoms with Gasteiger partial charge in [-0.15, -0.1) is 0 Å². The number of rotatable bonds is 6. The molecule has 11 aromatic rings. The van der Waals surface area contributed by atoms with Crippen molar-refractivity contribution in [3.63, 3.8) is 0 Å². The summed E-state index contributed by atoms with van der Waals surface area (Å²) >= 11 is 0. The van der Waals surface area contributed by atoms with Crippen LogP contribution in [-0.2, 0) is 0 Å². The molecule has 0 saturated carbocycles. The topological polar surface area (TPSA) is 65.6 Å². The first kappa shape index (κ1) is 33.3. The predicted octanol–water partition coefficient (Wildman–Crippen LogP) is 12.9. The van der Waals surface area contributed by atoms with Gasteiger partial charge in [-0.1, -0.05) is 127 Å². The number of hydrogen-bond acceptors (Lipinski definition) is 3. The van der Waals surface area contributed by atoms with Crippen LogP contribution in [0.2, 0.25) is 0 Å². The van der Waals surface area contributed by atoms with Crippen molar-refractivity contribution in [2.45, 2.75) is 6.92 Å². The molecule has 272 valence electrons. The molecular formula is C52H34N6. The highest BCUT2D eigenvalue weighted by molar-refractivity contribution is 6.14. The molecule has 0 radical (unpaired) electrons. The summed E-state index contributed by atoms with van der Waals surface area (Å²) in [6.45, 7) is 2.68. The summed E-state index contributed by atoms with van der Waals surface area (Å²) in [7, 11) is 0. The van der Waals surface area contributed by atoms with Gasteiger partial charge in [0, 0.05) is 44.5 Å². The van der Waals surface area contributed by atoms with Gasteiger partial charge in [-0.2, -0.15) is 10.5 Å². The lowest BCUT2D eigenvalue weighted by Gasteiger charge is -2.32. The summed E-state index contributed by atoms with van der Waals surface area (Å²) in [6, 6.07) is 66.1. The zero-order chi connectivity index (χ0) is 38.9. The maximum Gasteiger partial charge on any atom is 0.104 e. The van der Waals surface area contributed by atoms with Crippen molar-refractivity contribution in [3.8, 4) is 29.2 Å². The number of fused-ring (bicyclic) bond motifs is 9. The first-order valence-electron chi connectivity index (χ1n) is 19.6. The van der Waals surface area contributed by atoms with E-state index in [1.807, 2.05) is 42.5 Å². The van der Waals surface area contributed by atoms with E-state index < -0.39 is 0 Å². The lowest BCUT2D eigenvalue weighted by Crippen LogP contribution is -2.23. The maximum absolute atomic E-state index is 11.9. The van der Waals surface area contributed by atoms with E-state index >= 15 is 0 Å². The molecule has 0 aliphatic rings. The van der Waals surface area contributed by atoms with Crippen LogP contribution in [0.3, 0.4) is 0 Å². The van der Waals surface area contributed by atoms with E-state index in [4.69, 9.17) is 0 Å². The molecular weight excluding hydrogens is 709 g/mol. The zero-order valence-corrected chi connectivity index (χ0v) is 31.6. The van der Waals surface area contributed by atoms with Crippen molar-refractivity contribution in [2.24, 2.45) is 0 Å². The van der Waals surface area contributed by atoms with E-state index in [1.54, 1.807) is 0 Å². The lowest BCUT2D eigenvalue weighted by atomic mass is 9.97. The van der Waals surface area contributed by atoms with Gasteiger partial charge in [-0.25, -0.2) is 0 Å². The Hall–Kier alpha value is -8.06. The van der Waals surface area contributed by atoms with E-state index in [0.717, 1.165) is 82.5 Å². The van der Waals surface area contributed by atoms with Crippen molar-refractivity contribution in [1.82, 2.24) is 13.7 Å². The number of nitrogens with zero attached hydrogens (tertiary/aromatic N) is 6. The average Bonchev–Trinajstić information content (AvgIpc) is 3.92. The Morgan fingerprint density at radius 3 is 1.03 bits per heavy atom. The summed E-state index contributed by atoms with van der Waals surface area (Å²) in [4.78, 5) is 2.24. The minimum atomic E-state index is 0.402. The highest BCUT2D eigenvalue weighted by Crippen LogP contribution is 2.49. The molecule has 0 bridgehead atoms. The second-order valence-corrected chi connectivity index (χ2v) is 14.6. The fraction of sp³-hybridized carbons (Fsp3) is 0.0385. The van der Waals surface area contributed by atoms with Crippen molar-refractivity contribution in [2.75, 3.05) is 11.4 Å². The number of anilines is 2. The number of aromatic nitrogens is 3. The van der Waals surface area contributed by atoms with E-state index in [-0.39, 0.29) is 0 Å². The van der Waals surface area contributed by atoms with Crippen LogP contribution in [0.5, 0.6) is 0 Å². The first-order valence-corrected chi connectivity index (χ1v) is 19.6. The molecule has 58 heavy (non-hydrogen) atoms. The van der Waals surface area contributed by atoms with Gasteiger partial charge in [0.2, 0.25) is 0 Å². The largest absolute Gasteiger partial charge is 0.339 e. The molecule has 6 nitrogen and oxygen atoms in total. The minimum Gasteiger partial charge on any atom is -0.339 e. The quantitative estimate of drug-likeness (QED) is 0.170. The maximum atomic E-state index is 11.9. The third kappa shape index (κ3) is 4.58. The van der Waals surface area contributed by atoms with Gasteiger partial charge in [0.1, 0.15) is 23.3 Å². The van der Waals surface area contributed by atoms with Crippen LogP contribution < -0.4 is 4.90 Å². The Bertz CT molecular complexity index is 3370. The number of hydrogen-bond donors (Lipinski definition) is 0. The monoisotopic (exact) mass is 742 g/mol. The molecule has 0 spiro atoms. The predicted molar refractivity (Wildman–Crippen MR) is 238 cm³/mol. The van der Waals surface area contributed by atoms with Crippen molar-refractivity contribution in [3.05, 3.63) is 187 Å².